The fourth-order valence-electron chi connectivity index (χ4n) is 1.45. The summed E-state index contributed by atoms with van der Waals surface area (Å²) in [6.45, 7) is 1.43. The third-order valence-electron chi connectivity index (χ3n) is 2.37. The molecular formula is C12H11ClO5. The van der Waals surface area contributed by atoms with Gasteiger partial charge in [-0.05, 0) is 13.0 Å². The van der Waals surface area contributed by atoms with Crippen LogP contribution in [0.4, 0.5) is 0 Å². The molecule has 2 atom stereocenters. The molecule has 0 amide bonds. The molecule has 0 aliphatic carbocycles. The van der Waals surface area contributed by atoms with E-state index in [0.717, 1.165) is 0 Å². The van der Waals surface area contributed by atoms with Crippen molar-refractivity contribution in [3.8, 4) is 0 Å². The average Bonchev–Trinajstić information content (AvgIpc) is 2.35. The minimum Gasteiger partial charge on any atom is -0.479 e. The van der Waals surface area contributed by atoms with Gasteiger partial charge in [0.15, 0.2) is 11.9 Å². The Morgan fingerprint density at radius 1 is 1.39 bits per heavy atom. The number of aliphatic hydroxyl groups is 1. The van der Waals surface area contributed by atoms with E-state index in [1.807, 2.05) is 0 Å². The van der Waals surface area contributed by atoms with E-state index in [0.29, 0.717) is 6.29 Å². The van der Waals surface area contributed by atoms with Crippen LogP contribution in [0, 0.1) is 0 Å². The molecule has 0 radical (unpaired) electrons. The summed E-state index contributed by atoms with van der Waals surface area (Å²) in [5, 5.41) is 17.3. The summed E-state index contributed by atoms with van der Waals surface area (Å²) in [7, 11) is 0. The van der Waals surface area contributed by atoms with E-state index in [4.69, 9.17) is 16.7 Å². The second kappa shape index (κ2) is 5.75. The molecule has 0 saturated heterocycles. The van der Waals surface area contributed by atoms with Crippen LogP contribution in [0.1, 0.15) is 39.3 Å². The van der Waals surface area contributed by atoms with Gasteiger partial charge in [-0.3, -0.25) is 9.59 Å². The van der Waals surface area contributed by atoms with Gasteiger partial charge < -0.3 is 10.2 Å². The second-order valence-electron chi connectivity index (χ2n) is 3.69. The normalized spacial score (nSPS) is 13.7. The summed E-state index contributed by atoms with van der Waals surface area (Å²) in [5.74, 6) is -2.03. The number of hydrogen-bond acceptors (Lipinski definition) is 4. The van der Waals surface area contributed by atoms with Crippen LogP contribution >= 0.6 is 11.6 Å². The number of aliphatic carboxylic acids is 1. The molecule has 0 spiro atoms. The topological polar surface area (TPSA) is 91.7 Å². The van der Waals surface area contributed by atoms with Crippen molar-refractivity contribution in [2.45, 2.75) is 18.4 Å². The largest absolute Gasteiger partial charge is 0.479 e. The van der Waals surface area contributed by atoms with Crippen molar-refractivity contribution in [3.05, 3.63) is 34.9 Å². The molecule has 2 N–H and O–H groups in total. The maximum atomic E-state index is 11.8. The number of ketones is 1. The van der Waals surface area contributed by atoms with Crippen molar-refractivity contribution in [1.82, 2.24) is 0 Å². The first-order chi connectivity index (χ1) is 8.38. The molecule has 0 saturated carbocycles. The maximum Gasteiger partial charge on any atom is 0.337 e. The Labute approximate surface area is 108 Å². The van der Waals surface area contributed by atoms with Gasteiger partial charge in [0, 0.05) is 16.7 Å². The number of aliphatic hydroxyl groups excluding tert-OH is 1. The molecule has 0 fully saturated rings. The average molecular weight is 271 g/mol. The number of hydrogen-bond donors (Lipinski definition) is 2. The van der Waals surface area contributed by atoms with Gasteiger partial charge >= 0.3 is 5.97 Å². The van der Waals surface area contributed by atoms with Crippen molar-refractivity contribution in [3.63, 3.8) is 0 Å². The highest BCUT2D eigenvalue weighted by atomic mass is 35.5. The molecule has 2 unspecified atom stereocenters. The number of carbonyl (C=O) groups excluding carboxylic acids is 2. The summed E-state index contributed by atoms with van der Waals surface area (Å²) in [5.41, 5.74) is 0.0691. The molecule has 0 aliphatic rings. The zero-order valence-electron chi connectivity index (χ0n) is 9.46. The van der Waals surface area contributed by atoms with Crippen molar-refractivity contribution >= 4 is 29.6 Å². The lowest BCUT2D eigenvalue weighted by Crippen LogP contribution is -2.19. The Bertz CT molecular complexity index is 495. The van der Waals surface area contributed by atoms with Gasteiger partial charge in [0.1, 0.15) is 6.29 Å². The van der Waals surface area contributed by atoms with E-state index in [1.165, 1.54) is 25.1 Å². The molecule has 1 rings (SSSR count). The lowest BCUT2D eigenvalue weighted by Gasteiger charge is -2.13. The Balaban J connectivity index is 3.37. The molecule has 18 heavy (non-hydrogen) atoms. The maximum absolute atomic E-state index is 11.8. The van der Waals surface area contributed by atoms with Crippen LogP contribution in [0.5, 0.6) is 0 Å². The lowest BCUT2D eigenvalue weighted by atomic mass is 9.95. The van der Waals surface area contributed by atoms with Gasteiger partial charge in [0.25, 0.3) is 0 Å². The molecular weight excluding hydrogens is 260 g/mol. The first-order valence-corrected chi connectivity index (χ1v) is 5.50. The summed E-state index contributed by atoms with van der Waals surface area (Å²) in [4.78, 5) is 33.2. The van der Waals surface area contributed by atoms with Crippen LogP contribution in [0.2, 0.25) is 0 Å². The van der Waals surface area contributed by atoms with E-state index in [9.17, 15) is 19.5 Å². The van der Waals surface area contributed by atoms with Crippen molar-refractivity contribution in [2.24, 2.45) is 0 Å². The predicted octanol–water partition coefficient (Wildman–Crippen LogP) is 1.43. The molecule has 0 aliphatic heterocycles. The first kappa shape index (κ1) is 14.3. The monoisotopic (exact) mass is 270 g/mol. The summed E-state index contributed by atoms with van der Waals surface area (Å²) in [6.07, 6.45) is -1.31. The smallest absolute Gasteiger partial charge is 0.337 e. The fourth-order valence-corrected chi connectivity index (χ4v) is 1.56. The Morgan fingerprint density at radius 2 is 2.00 bits per heavy atom. The van der Waals surface area contributed by atoms with Gasteiger partial charge in [-0.25, -0.2) is 4.79 Å². The van der Waals surface area contributed by atoms with Crippen LogP contribution in [-0.2, 0) is 4.79 Å². The summed E-state index contributed by atoms with van der Waals surface area (Å²) in [6, 6.07) is 3.77. The number of rotatable bonds is 5. The molecule has 0 bridgehead atoms. The highest BCUT2D eigenvalue weighted by Gasteiger charge is 2.24. The summed E-state index contributed by atoms with van der Waals surface area (Å²) < 4.78 is 0. The van der Waals surface area contributed by atoms with Gasteiger partial charge in [0.2, 0.25) is 0 Å². The third kappa shape index (κ3) is 2.94. The Hall–Kier alpha value is -1.72. The van der Waals surface area contributed by atoms with Crippen molar-refractivity contribution < 1.29 is 24.6 Å². The van der Waals surface area contributed by atoms with E-state index in [-0.39, 0.29) is 16.7 Å². The van der Waals surface area contributed by atoms with Gasteiger partial charge in [-0.1, -0.05) is 12.1 Å². The molecule has 6 heteroatoms. The molecule has 96 valence electrons. The minimum absolute atomic E-state index is 0.0583. The number of carboxylic acids is 1. The van der Waals surface area contributed by atoms with Crippen LogP contribution in [0.15, 0.2) is 18.2 Å². The Kier molecular flexibility index (Phi) is 4.58. The number of carboxylic acid groups (broad SMARTS) is 1. The fraction of sp³-hybridized carbons (Fsp3) is 0.250. The highest BCUT2D eigenvalue weighted by molar-refractivity contribution is 6.33. The molecule has 1 aromatic rings. The summed E-state index contributed by atoms with van der Waals surface area (Å²) >= 11 is 5.65. The standard InChI is InChI=1S/C12H11ClO5/c1-6(13)10(15)9-4-7(5-14)2-3-8(9)11(16)12(17)18/h2-6,11,16H,1H3,(H,17,18). The highest BCUT2D eigenvalue weighted by Crippen LogP contribution is 2.22. The zero-order valence-corrected chi connectivity index (χ0v) is 10.2. The molecule has 5 nitrogen and oxygen atoms in total. The second-order valence-corrected chi connectivity index (χ2v) is 4.34. The van der Waals surface area contributed by atoms with Crippen molar-refractivity contribution in [2.75, 3.05) is 0 Å². The van der Waals surface area contributed by atoms with E-state index >= 15 is 0 Å². The first-order valence-electron chi connectivity index (χ1n) is 5.06. The SMILES string of the molecule is CC(Cl)C(=O)c1cc(C=O)ccc1C(O)C(=O)O. The van der Waals surface area contributed by atoms with Gasteiger partial charge in [-0.15, -0.1) is 11.6 Å². The molecule has 0 aromatic heterocycles. The number of halogens is 1. The number of Topliss-reactive ketones (excluding diaryl/α,β-unsaturated/α-hetero) is 1. The molecule has 1 aromatic carbocycles. The third-order valence-corrected chi connectivity index (χ3v) is 2.57. The van der Waals surface area contributed by atoms with Crippen molar-refractivity contribution in [1.29, 1.82) is 0 Å². The van der Waals surface area contributed by atoms with Crippen LogP contribution in [0.3, 0.4) is 0 Å². The quantitative estimate of drug-likeness (QED) is 0.480. The van der Waals surface area contributed by atoms with Crippen LogP contribution < -0.4 is 0 Å². The van der Waals surface area contributed by atoms with Gasteiger partial charge in [-0.2, -0.15) is 0 Å². The predicted molar refractivity (Wildman–Crippen MR) is 64.1 cm³/mol. The van der Waals surface area contributed by atoms with Crippen LogP contribution in [0.25, 0.3) is 0 Å². The number of carbonyl (C=O) groups is 3. The number of benzene rings is 1. The number of aldehydes is 1. The number of alkyl halides is 1. The minimum atomic E-state index is -1.83. The lowest BCUT2D eigenvalue weighted by molar-refractivity contribution is -0.146. The van der Waals surface area contributed by atoms with Gasteiger partial charge in [0.05, 0.1) is 5.38 Å². The Morgan fingerprint density at radius 3 is 2.44 bits per heavy atom. The van der Waals surface area contributed by atoms with E-state index < -0.39 is 23.2 Å². The van der Waals surface area contributed by atoms with E-state index in [2.05, 4.69) is 0 Å². The van der Waals surface area contributed by atoms with Crippen LogP contribution in [-0.4, -0.2) is 33.6 Å². The zero-order chi connectivity index (χ0) is 13.9. The molecule has 0 heterocycles. The van der Waals surface area contributed by atoms with E-state index in [1.54, 1.807) is 0 Å².